The van der Waals surface area contributed by atoms with Crippen molar-refractivity contribution in [2.75, 3.05) is 12.4 Å². The molecule has 0 radical (unpaired) electrons. The van der Waals surface area contributed by atoms with Crippen molar-refractivity contribution >= 4 is 21.6 Å². The molecule has 5 rings (SSSR count). The number of nitrogens with two attached hydrogens (primary N) is 1. The predicted molar refractivity (Wildman–Crippen MR) is 118 cm³/mol. The van der Waals surface area contributed by atoms with Crippen LogP contribution in [0.5, 0.6) is 0 Å². The van der Waals surface area contributed by atoms with Crippen LogP contribution in [-0.2, 0) is 19.5 Å². The number of benzene rings is 2. The van der Waals surface area contributed by atoms with E-state index in [9.17, 15) is 4.79 Å². The van der Waals surface area contributed by atoms with Crippen LogP contribution < -0.4 is 11.4 Å². The van der Waals surface area contributed by atoms with E-state index in [1.165, 1.54) is 15.1 Å². The largest absolute Gasteiger partial charge is 0.334 e. The molecule has 1 aliphatic heterocycles. The van der Waals surface area contributed by atoms with Crippen LogP contribution in [0.1, 0.15) is 21.6 Å². The molecule has 0 atom stereocenters. The van der Waals surface area contributed by atoms with Crippen molar-refractivity contribution in [3.63, 3.8) is 0 Å². The smallest absolute Gasteiger partial charge is 0.281 e. The fourth-order valence-corrected chi connectivity index (χ4v) is 5.32. The van der Waals surface area contributed by atoms with E-state index in [1.54, 1.807) is 11.3 Å². The number of nitrogens with zero attached hydrogens (tertiary/aromatic N) is 3. The Labute approximate surface area is 173 Å². The molecule has 0 amide bonds. The van der Waals surface area contributed by atoms with Gasteiger partial charge in [-0.15, -0.1) is 11.3 Å². The van der Waals surface area contributed by atoms with Gasteiger partial charge in [-0.2, -0.15) is 0 Å². The number of aromatic nitrogens is 2. The quantitative estimate of drug-likeness (QED) is 0.531. The molecule has 0 spiro atoms. The van der Waals surface area contributed by atoms with Gasteiger partial charge in [0.25, 0.3) is 5.56 Å². The topological polar surface area (TPSA) is 64.1 Å². The zero-order valence-corrected chi connectivity index (χ0v) is 17.1. The zero-order chi connectivity index (χ0) is 20.0. The Morgan fingerprint density at radius 2 is 1.97 bits per heavy atom. The summed E-state index contributed by atoms with van der Waals surface area (Å²) in [6, 6.07) is 18.4. The Kier molecular flexibility index (Phi) is 4.45. The number of hydrogen-bond donors (Lipinski definition) is 1. The summed E-state index contributed by atoms with van der Waals surface area (Å²) in [5.41, 5.74) is 4.26. The van der Waals surface area contributed by atoms with Crippen LogP contribution >= 0.6 is 11.3 Å². The first-order valence-electron chi connectivity index (χ1n) is 9.76. The Balaban J connectivity index is 1.54. The molecule has 2 N–H and O–H groups in total. The van der Waals surface area contributed by atoms with Crippen molar-refractivity contribution in [1.82, 2.24) is 14.6 Å². The van der Waals surface area contributed by atoms with Crippen molar-refractivity contribution < 1.29 is 0 Å². The third-order valence-corrected chi connectivity index (χ3v) is 6.62. The fourth-order valence-electron chi connectivity index (χ4n) is 4.07. The van der Waals surface area contributed by atoms with Gasteiger partial charge in [-0.3, -0.25) is 9.69 Å². The van der Waals surface area contributed by atoms with Gasteiger partial charge >= 0.3 is 0 Å². The number of hydrogen-bond acceptors (Lipinski definition) is 5. The van der Waals surface area contributed by atoms with Crippen LogP contribution in [0.2, 0.25) is 0 Å². The van der Waals surface area contributed by atoms with Gasteiger partial charge in [0.15, 0.2) is 5.82 Å². The van der Waals surface area contributed by atoms with Gasteiger partial charge in [0.2, 0.25) is 0 Å². The third-order valence-electron chi connectivity index (χ3n) is 5.51. The summed E-state index contributed by atoms with van der Waals surface area (Å²) in [5.74, 6) is 6.71. The minimum Gasteiger partial charge on any atom is -0.334 e. The van der Waals surface area contributed by atoms with E-state index in [0.29, 0.717) is 11.2 Å². The Morgan fingerprint density at radius 3 is 2.76 bits per heavy atom. The summed E-state index contributed by atoms with van der Waals surface area (Å²) in [6.07, 6.45) is 0.850. The molecule has 5 nitrogen and oxygen atoms in total. The second-order valence-corrected chi connectivity index (χ2v) is 8.69. The summed E-state index contributed by atoms with van der Waals surface area (Å²) < 4.78 is 1.21. The standard InChI is InChI=1S/C23H22N4OS/c1-15-6-5-9-17(12-15)21-25-22-20(23(28)27(21)24)18-10-11-26(14-19(18)29-22)13-16-7-3-2-4-8-16/h2-9,12H,10-11,13-14,24H2,1H3. The van der Waals surface area contributed by atoms with Crippen molar-refractivity contribution in [3.8, 4) is 11.4 Å². The minimum absolute atomic E-state index is 0.152. The van der Waals surface area contributed by atoms with Crippen molar-refractivity contribution in [2.45, 2.75) is 26.4 Å². The van der Waals surface area contributed by atoms with Crippen LogP contribution in [0.3, 0.4) is 0 Å². The summed E-state index contributed by atoms with van der Waals surface area (Å²) in [7, 11) is 0. The van der Waals surface area contributed by atoms with E-state index in [-0.39, 0.29) is 5.56 Å². The number of aryl methyl sites for hydroxylation is 1. The zero-order valence-electron chi connectivity index (χ0n) is 16.3. The predicted octanol–water partition coefficient (Wildman–Crippen LogP) is 3.71. The maximum atomic E-state index is 13.1. The summed E-state index contributed by atoms with van der Waals surface area (Å²) in [6.45, 7) is 4.70. The maximum absolute atomic E-state index is 13.1. The molecule has 0 aliphatic carbocycles. The SMILES string of the molecule is Cc1cccc(-c2nc3sc4c(c3c(=O)n2N)CCN(Cc2ccccc2)C4)c1. The van der Waals surface area contributed by atoms with Crippen molar-refractivity contribution in [3.05, 3.63) is 86.5 Å². The van der Waals surface area contributed by atoms with E-state index in [1.807, 2.05) is 37.3 Å². The summed E-state index contributed by atoms with van der Waals surface area (Å²) >= 11 is 1.63. The van der Waals surface area contributed by atoms with E-state index in [2.05, 4.69) is 29.2 Å². The third kappa shape index (κ3) is 3.24. The molecule has 4 aromatic rings. The fraction of sp³-hybridized carbons (Fsp3) is 0.217. The van der Waals surface area contributed by atoms with Crippen LogP contribution in [0.15, 0.2) is 59.4 Å². The number of thiophene rings is 1. The average Bonchev–Trinajstić information content (AvgIpc) is 3.09. The molecule has 6 heteroatoms. The maximum Gasteiger partial charge on any atom is 0.281 e. The lowest BCUT2D eigenvalue weighted by atomic mass is 10.0. The highest BCUT2D eigenvalue weighted by molar-refractivity contribution is 7.18. The highest BCUT2D eigenvalue weighted by Crippen LogP contribution is 2.34. The summed E-state index contributed by atoms with van der Waals surface area (Å²) in [4.78, 5) is 22.4. The van der Waals surface area contributed by atoms with Crippen molar-refractivity contribution in [2.24, 2.45) is 0 Å². The Morgan fingerprint density at radius 1 is 1.14 bits per heavy atom. The number of rotatable bonds is 3. The molecule has 0 saturated heterocycles. The van der Waals surface area contributed by atoms with E-state index >= 15 is 0 Å². The lowest BCUT2D eigenvalue weighted by molar-refractivity contribution is 0.249. The van der Waals surface area contributed by atoms with Gasteiger partial charge in [0.05, 0.1) is 5.39 Å². The molecule has 2 aromatic carbocycles. The molecule has 2 aromatic heterocycles. The van der Waals surface area contributed by atoms with Gasteiger partial charge in [-0.1, -0.05) is 54.1 Å². The second-order valence-electron chi connectivity index (χ2n) is 7.61. The molecule has 29 heavy (non-hydrogen) atoms. The average molecular weight is 403 g/mol. The molecule has 1 aliphatic rings. The molecule has 146 valence electrons. The van der Waals surface area contributed by atoms with Crippen LogP contribution in [0.4, 0.5) is 0 Å². The molecule has 0 unspecified atom stereocenters. The molecule has 0 fully saturated rings. The van der Waals surface area contributed by atoms with Gasteiger partial charge in [-0.25, -0.2) is 9.66 Å². The molecular formula is C23H22N4OS. The van der Waals surface area contributed by atoms with Crippen LogP contribution in [0.25, 0.3) is 21.6 Å². The monoisotopic (exact) mass is 402 g/mol. The normalized spacial score (nSPS) is 14.2. The number of nitrogen functional groups attached to an aromatic ring is 1. The Hall–Kier alpha value is -2.96. The first kappa shape index (κ1) is 18.1. The van der Waals surface area contributed by atoms with Crippen LogP contribution in [-0.4, -0.2) is 21.1 Å². The highest BCUT2D eigenvalue weighted by atomic mass is 32.1. The molecule has 3 heterocycles. The van der Waals surface area contributed by atoms with E-state index in [0.717, 1.165) is 47.6 Å². The van der Waals surface area contributed by atoms with Crippen molar-refractivity contribution in [1.29, 1.82) is 0 Å². The molecular weight excluding hydrogens is 380 g/mol. The lowest BCUT2D eigenvalue weighted by Crippen LogP contribution is -2.32. The van der Waals surface area contributed by atoms with Gasteiger partial charge in [-0.05, 0) is 30.5 Å². The minimum atomic E-state index is -0.152. The van der Waals surface area contributed by atoms with E-state index in [4.69, 9.17) is 10.8 Å². The summed E-state index contributed by atoms with van der Waals surface area (Å²) in [5, 5.41) is 0.697. The number of fused-ring (bicyclic) bond motifs is 3. The van der Waals surface area contributed by atoms with E-state index < -0.39 is 0 Å². The second kappa shape index (κ2) is 7.13. The Bertz CT molecular complexity index is 1260. The first-order valence-corrected chi connectivity index (χ1v) is 10.6. The van der Waals surface area contributed by atoms with Gasteiger partial charge in [0, 0.05) is 30.1 Å². The molecule has 0 saturated carbocycles. The highest BCUT2D eigenvalue weighted by Gasteiger charge is 2.25. The lowest BCUT2D eigenvalue weighted by Gasteiger charge is -2.26. The molecule has 0 bridgehead atoms. The first-order chi connectivity index (χ1) is 14.1. The van der Waals surface area contributed by atoms with Gasteiger partial charge < -0.3 is 5.84 Å². The van der Waals surface area contributed by atoms with Crippen LogP contribution in [0, 0.1) is 6.92 Å². The van der Waals surface area contributed by atoms with Gasteiger partial charge in [0.1, 0.15) is 4.83 Å².